The molecule has 0 aliphatic heterocycles. The molecule has 0 amide bonds. The van der Waals surface area contributed by atoms with Gasteiger partial charge in [-0.05, 0) is 24.4 Å². The van der Waals surface area contributed by atoms with Crippen molar-refractivity contribution in [2.24, 2.45) is 0 Å². The number of carbonyl (C=O) groups is 1. The van der Waals surface area contributed by atoms with E-state index >= 15 is 0 Å². The number of pyridine rings is 1. The predicted molar refractivity (Wildman–Crippen MR) is 69.5 cm³/mol. The molecule has 0 aliphatic rings. The first-order valence-corrected chi connectivity index (χ1v) is 6.28. The maximum absolute atomic E-state index is 11.3. The number of thiophene rings is 1. The monoisotopic (exact) mass is 250 g/mol. The number of aromatic nitrogens is 1. The molecule has 0 spiro atoms. The maximum atomic E-state index is 11.3. The highest BCUT2D eigenvalue weighted by atomic mass is 32.1. The molecule has 0 saturated carbocycles. The highest BCUT2D eigenvalue weighted by molar-refractivity contribution is 7.17. The third-order valence-electron chi connectivity index (χ3n) is 2.59. The minimum atomic E-state index is -0.249. The lowest BCUT2D eigenvalue weighted by Crippen LogP contribution is -2.31. The molecule has 0 fully saturated rings. The van der Waals surface area contributed by atoms with Gasteiger partial charge in [-0.3, -0.25) is 4.79 Å². The van der Waals surface area contributed by atoms with Crippen molar-refractivity contribution < 1.29 is 9.53 Å². The zero-order valence-corrected chi connectivity index (χ0v) is 10.7. The molecule has 0 saturated heterocycles. The molecule has 0 radical (unpaired) electrons. The van der Waals surface area contributed by atoms with Crippen molar-refractivity contribution in [3.63, 3.8) is 0 Å². The smallest absolute Gasteiger partial charge is 0.325 e. The van der Waals surface area contributed by atoms with E-state index in [1.165, 1.54) is 11.8 Å². The van der Waals surface area contributed by atoms with Gasteiger partial charge in [0.1, 0.15) is 12.4 Å². The highest BCUT2D eigenvalue weighted by Gasteiger charge is 2.14. The lowest BCUT2D eigenvalue weighted by Gasteiger charge is -2.21. The van der Waals surface area contributed by atoms with Crippen molar-refractivity contribution in [3.05, 3.63) is 23.7 Å². The number of anilines is 1. The average Bonchev–Trinajstić information content (AvgIpc) is 2.83. The quantitative estimate of drug-likeness (QED) is 0.781. The van der Waals surface area contributed by atoms with E-state index in [1.807, 2.05) is 29.3 Å². The Morgan fingerprint density at radius 2 is 2.35 bits per heavy atom. The van der Waals surface area contributed by atoms with E-state index in [0.29, 0.717) is 0 Å². The van der Waals surface area contributed by atoms with Crippen LogP contribution in [0, 0.1) is 0 Å². The van der Waals surface area contributed by atoms with Gasteiger partial charge in [0.2, 0.25) is 0 Å². The number of rotatable bonds is 4. The van der Waals surface area contributed by atoms with Gasteiger partial charge in [0.05, 0.1) is 7.11 Å². The number of hydrogen-bond donors (Lipinski definition) is 0. The third-order valence-corrected chi connectivity index (χ3v) is 3.47. The van der Waals surface area contributed by atoms with E-state index in [9.17, 15) is 4.79 Å². The fraction of sp³-hybridized carbons (Fsp3) is 0.333. The van der Waals surface area contributed by atoms with Gasteiger partial charge >= 0.3 is 5.97 Å². The molecule has 4 nitrogen and oxygen atoms in total. The van der Waals surface area contributed by atoms with Gasteiger partial charge in [-0.15, -0.1) is 11.3 Å². The van der Waals surface area contributed by atoms with Crippen LogP contribution in [0.5, 0.6) is 0 Å². The second-order valence-electron chi connectivity index (χ2n) is 3.56. The zero-order chi connectivity index (χ0) is 12.3. The number of carbonyl (C=O) groups excluding carboxylic acids is 1. The molecule has 0 unspecified atom stereocenters. The fourth-order valence-corrected chi connectivity index (χ4v) is 2.47. The Hall–Kier alpha value is -1.62. The molecule has 2 aromatic rings. The molecule has 2 heterocycles. The molecule has 0 aliphatic carbocycles. The van der Waals surface area contributed by atoms with Crippen LogP contribution in [0.15, 0.2) is 23.7 Å². The van der Waals surface area contributed by atoms with Crippen molar-refractivity contribution in [2.75, 3.05) is 25.1 Å². The fourth-order valence-electron chi connectivity index (χ4n) is 1.69. The average molecular weight is 250 g/mol. The first kappa shape index (κ1) is 11.9. The Morgan fingerprint density at radius 1 is 1.53 bits per heavy atom. The van der Waals surface area contributed by atoms with Crippen molar-refractivity contribution in [1.82, 2.24) is 4.98 Å². The number of esters is 1. The number of likely N-dealkylation sites (N-methyl/N-ethyl adjacent to an activating group) is 1. The van der Waals surface area contributed by atoms with Gasteiger partial charge < -0.3 is 9.64 Å². The molecular formula is C12H14N2O2S. The molecule has 2 rings (SSSR count). The topological polar surface area (TPSA) is 42.4 Å². The minimum Gasteiger partial charge on any atom is -0.468 e. The van der Waals surface area contributed by atoms with E-state index in [2.05, 4.69) is 4.98 Å². The summed E-state index contributed by atoms with van der Waals surface area (Å²) in [6.45, 7) is 2.95. The predicted octanol–water partition coefficient (Wildman–Crippen LogP) is 2.30. The van der Waals surface area contributed by atoms with E-state index in [-0.39, 0.29) is 12.5 Å². The molecule has 17 heavy (non-hydrogen) atoms. The largest absolute Gasteiger partial charge is 0.468 e. The molecule has 0 N–H and O–H groups in total. The molecule has 0 atom stereocenters. The molecule has 2 aromatic heterocycles. The van der Waals surface area contributed by atoms with Crippen LogP contribution in [-0.2, 0) is 9.53 Å². The van der Waals surface area contributed by atoms with Crippen molar-refractivity contribution in [1.29, 1.82) is 0 Å². The standard InChI is InChI=1S/C12H14N2O2S/c1-3-14(8-11(15)16-2)12-9-5-7-17-10(9)4-6-13-12/h4-7H,3,8H2,1-2H3. The summed E-state index contributed by atoms with van der Waals surface area (Å²) in [5.74, 6) is 0.595. The van der Waals surface area contributed by atoms with E-state index in [1.54, 1.807) is 17.5 Å². The van der Waals surface area contributed by atoms with Crippen LogP contribution in [0.4, 0.5) is 5.82 Å². The summed E-state index contributed by atoms with van der Waals surface area (Å²) in [6, 6.07) is 4.01. The van der Waals surface area contributed by atoms with Gasteiger partial charge in [-0.1, -0.05) is 0 Å². The summed E-state index contributed by atoms with van der Waals surface area (Å²) in [5, 5.41) is 3.12. The molecule has 0 aromatic carbocycles. The SMILES string of the molecule is CCN(CC(=O)OC)c1nccc2sccc12. The lowest BCUT2D eigenvalue weighted by molar-refractivity contribution is -0.138. The van der Waals surface area contributed by atoms with Gasteiger partial charge in [-0.25, -0.2) is 4.98 Å². The summed E-state index contributed by atoms with van der Waals surface area (Å²) < 4.78 is 5.87. The lowest BCUT2D eigenvalue weighted by atomic mass is 10.3. The molecule has 5 heteroatoms. The number of fused-ring (bicyclic) bond motifs is 1. The second-order valence-corrected chi connectivity index (χ2v) is 4.50. The Kier molecular flexibility index (Phi) is 3.58. The van der Waals surface area contributed by atoms with Crippen LogP contribution in [0.2, 0.25) is 0 Å². The summed E-state index contributed by atoms with van der Waals surface area (Å²) in [4.78, 5) is 17.6. The van der Waals surface area contributed by atoms with Crippen molar-refractivity contribution in [3.8, 4) is 0 Å². The van der Waals surface area contributed by atoms with Crippen molar-refractivity contribution >= 4 is 33.2 Å². The molecular weight excluding hydrogens is 236 g/mol. The number of hydrogen-bond acceptors (Lipinski definition) is 5. The first-order valence-electron chi connectivity index (χ1n) is 5.40. The Morgan fingerprint density at radius 3 is 3.06 bits per heavy atom. The normalized spacial score (nSPS) is 10.5. The third kappa shape index (κ3) is 2.39. The van der Waals surface area contributed by atoms with Gasteiger partial charge in [-0.2, -0.15) is 0 Å². The summed E-state index contributed by atoms with van der Waals surface area (Å²) in [7, 11) is 1.40. The number of nitrogens with zero attached hydrogens (tertiary/aromatic N) is 2. The Bertz CT molecular complexity index is 524. The maximum Gasteiger partial charge on any atom is 0.325 e. The second kappa shape index (κ2) is 5.14. The first-order chi connectivity index (χ1) is 8.26. The van der Waals surface area contributed by atoms with Gasteiger partial charge in [0, 0.05) is 22.8 Å². The van der Waals surface area contributed by atoms with E-state index < -0.39 is 0 Å². The number of ether oxygens (including phenoxy) is 1. The summed E-state index contributed by atoms with van der Waals surface area (Å²) >= 11 is 1.67. The van der Waals surface area contributed by atoms with E-state index in [0.717, 1.165) is 17.7 Å². The summed E-state index contributed by atoms with van der Waals surface area (Å²) in [6.07, 6.45) is 1.77. The van der Waals surface area contributed by atoms with Crippen LogP contribution >= 0.6 is 11.3 Å². The molecule has 0 bridgehead atoms. The van der Waals surface area contributed by atoms with Crippen LogP contribution < -0.4 is 4.90 Å². The highest BCUT2D eigenvalue weighted by Crippen LogP contribution is 2.28. The van der Waals surface area contributed by atoms with Crippen LogP contribution in [0.1, 0.15) is 6.92 Å². The summed E-state index contributed by atoms with van der Waals surface area (Å²) in [5.41, 5.74) is 0. The van der Waals surface area contributed by atoms with Crippen molar-refractivity contribution in [2.45, 2.75) is 6.92 Å². The van der Waals surface area contributed by atoms with Gasteiger partial charge in [0.25, 0.3) is 0 Å². The number of methoxy groups -OCH3 is 1. The van der Waals surface area contributed by atoms with Crippen LogP contribution in [-0.4, -0.2) is 31.2 Å². The Balaban J connectivity index is 2.35. The minimum absolute atomic E-state index is 0.231. The van der Waals surface area contributed by atoms with Crippen LogP contribution in [0.25, 0.3) is 10.1 Å². The van der Waals surface area contributed by atoms with Crippen LogP contribution in [0.3, 0.4) is 0 Å². The van der Waals surface area contributed by atoms with E-state index in [4.69, 9.17) is 4.74 Å². The Labute approximate surface area is 104 Å². The molecule has 90 valence electrons. The zero-order valence-electron chi connectivity index (χ0n) is 9.84. The van der Waals surface area contributed by atoms with Gasteiger partial charge in [0.15, 0.2) is 0 Å².